The number of nitrogens with zero attached hydrogens (tertiary/aromatic N) is 2. The van der Waals surface area contributed by atoms with E-state index in [4.69, 9.17) is 8.83 Å². The molecule has 0 saturated heterocycles. The molecule has 596 valence electrons. The molecule has 0 unspecified atom stereocenters. The van der Waals surface area contributed by atoms with Crippen molar-refractivity contribution in [3.63, 3.8) is 0 Å². The molecule has 0 radical (unpaired) electrons. The summed E-state index contributed by atoms with van der Waals surface area (Å²) < 4.78 is 18.8. The average Bonchev–Trinajstić information content (AvgIpc) is 1.62. The quantitative estimate of drug-likeness (QED) is 0.115. The van der Waals surface area contributed by atoms with Crippen molar-refractivity contribution in [1.29, 1.82) is 0 Å². The summed E-state index contributed by atoms with van der Waals surface area (Å²) in [6.45, 7) is 4.71. The molecule has 0 aliphatic heterocycles. The summed E-state index contributed by atoms with van der Waals surface area (Å²) in [4.78, 5) is 0. The lowest BCUT2D eigenvalue weighted by Gasteiger charge is -2.22. The molecule has 0 spiro atoms. The Hall–Kier alpha value is -16.4. The zero-order chi connectivity index (χ0) is 84.2. The Kier molecular flexibility index (Phi) is 17.9. The Morgan fingerprint density at radius 2 is 0.417 bits per heavy atom. The van der Waals surface area contributed by atoms with Gasteiger partial charge in [0.15, 0.2) is 0 Å². The Morgan fingerprint density at radius 1 is 0.157 bits per heavy atom. The maximum absolute atomic E-state index is 7.06. The minimum absolute atomic E-state index is 0.0834. The SMILES string of the molecule is CC1(C)c2ccccc2-c2ccc(-c3cccc(-c4cc(-c5ccc6c(c5)c5cc(-c7ccccc7)ccc5n6-c5ccccc5)cc(-c5cccc6c5oc5c(-c7ccccc7)cccc56)c4)c3)cc21.c1ccc(-c2ccc(-c3cc(-c4ccc5c(c4)c4ccccc4n5-c4ccccc4)cc(-c4cccc5c4oc4c(-c6ccccc6)cccc45)c3)cc2)cc1. The fourth-order valence-electron chi connectivity index (χ4n) is 20.1. The number of para-hydroxylation sites is 7. The first-order valence-corrected chi connectivity index (χ1v) is 43.8. The van der Waals surface area contributed by atoms with Crippen LogP contribution in [0, 0.1) is 0 Å². The Labute approximate surface area is 736 Å². The van der Waals surface area contributed by atoms with E-state index in [2.05, 4.69) is 484 Å². The van der Waals surface area contributed by atoms with Crippen molar-refractivity contribution in [3.05, 3.63) is 472 Å². The lowest BCUT2D eigenvalue weighted by Crippen LogP contribution is -2.14. The normalized spacial score (nSPS) is 12.2. The van der Waals surface area contributed by atoms with Crippen LogP contribution in [0.15, 0.2) is 470 Å². The zero-order valence-corrected chi connectivity index (χ0v) is 70.1. The fraction of sp³-hybridized carbons (Fsp3) is 0.0244. The first-order chi connectivity index (χ1) is 62.7. The van der Waals surface area contributed by atoms with Crippen LogP contribution in [-0.2, 0) is 5.41 Å². The molecule has 0 amide bonds. The van der Waals surface area contributed by atoms with Gasteiger partial charge in [0, 0.05) is 82.1 Å². The van der Waals surface area contributed by atoms with Gasteiger partial charge in [-0.1, -0.05) is 360 Å². The van der Waals surface area contributed by atoms with Crippen LogP contribution in [0.25, 0.3) is 232 Å². The third-order valence-electron chi connectivity index (χ3n) is 26.4. The van der Waals surface area contributed by atoms with E-state index in [1.165, 1.54) is 105 Å². The van der Waals surface area contributed by atoms with E-state index in [-0.39, 0.29) is 5.41 Å². The Bertz CT molecular complexity index is 8420. The summed E-state index contributed by atoms with van der Waals surface area (Å²) in [5.41, 5.74) is 41.3. The van der Waals surface area contributed by atoms with Crippen LogP contribution in [0.5, 0.6) is 0 Å². The molecule has 0 fully saturated rings. The number of aromatic nitrogens is 2. The third-order valence-corrected chi connectivity index (χ3v) is 26.4. The van der Waals surface area contributed by atoms with E-state index in [0.29, 0.717) is 0 Å². The van der Waals surface area contributed by atoms with Crippen LogP contribution < -0.4 is 0 Å². The van der Waals surface area contributed by atoms with E-state index in [1.54, 1.807) is 0 Å². The highest BCUT2D eigenvalue weighted by molar-refractivity contribution is 6.17. The number of benzene rings is 20. The van der Waals surface area contributed by atoms with Gasteiger partial charge in [0.25, 0.3) is 0 Å². The van der Waals surface area contributed by atoms with Crippen molar-refractivity contribution >= 4 is 87.5 Å². The van der Waals surface area contributed by atoms with E-state index >= 15 is 0 Å². The van der Waals surface area contributed by atoms with E-state index in [9.17, 15) is 0 Å². The smallest absolute Gasteiger partial charge is 0.143 e. The predicted octanol–water partition coefficient (Wildman–Crippen LogP) is 34.0. The molecule has 4 aromatic heterocycles. The van der Waals surface area contributed by atoms with Gasteiger partial charge in [-0.3, -0.25) is 0 Å². The monoisotopic (exact) mass is 1620 g/mol. The van der Waals surface area contributed by atoms with E-state index in [1.807, 2.05) is 0 Å². The molecule has 0 N–H and O–H groups in total. The summed E-state index contributed by atoms with van der Waals surface area (Å²) in [5, 5.41) is 9.36. The highest BCUT2D eigenvalue weighted by Crippen LogP contribution is 2.52. The lowest BCUT2D eigenvalue weighted by atomic mass is 9.81. The molecule has 25 rings (SSSR count). The van der Waals surface area contributed by atoms with Gasteiger partial charge < -0.3 is 18.0 Å². The van der Waals surface area contributed by atoms with Crippen LogP contribution in [0.3, 0.4) is 0 Å². The van der Waals surface area contributed by atoms with Gasteiger partial charge in [0.1, 0.15) is 22.3 Å². The molecule has 0 atom stereocenters. The molecule has 0 saturated carbocycles. The van der Waals surface area contributed by atoms with Gasteiger partial charge in [0.2, 0.25) is 0 Å². The molecule has 1 aliphatic rings. The standard InChI is InChI=1S/C69H47NO.C54H35NO/c1-69(2)63-30-13-12-25-57(63)58-34-31-50(43-64(58)69)46-21-14-22-47(37-46)51-38-52(40-53(39-51)56-27-16-29-60-59-28-15-26-55(67(59)71-68(56)60)45-19-8-4-9-20-45)49-33-36-66-62(42-49)61-41-48(44-17-6-3-7-18-44)32-35-65(61)70(66)54-23-10-5-11-24-54;1-4-14-36(15-5-1)37-26-28-38(29-27-37)41-32-42(40-30-31-52-50(35-40)47-20-10-11-25-51(47)55(52)44-18-8-3-9-19-44)34-43(33-41)46-22-13-24-49-48-23-12-21-45(53(48)56-54(46)49)39-16-6-2-7-17-39/h3-43H,1-2H3;1-35H. The molecule has 1 aliphatic carbocycles. The van der Waals surface area contributed by atoms with Gasteiger partial charge in [0.05, 0.1) is 22.1 Å². The lowest BCUT2D eigenvalue weighted by molar-refractivity contribution is 0.660. The topological polar surface area (TPSA) is 36.1 Å². The van der Waals surface area contributed by atoms with Gasteiger partial charge in [-0.05, 0) is 238 Å². The largest absolute Gasteiger partial charge is 0.455 e. The second-order valence-electron chi connectivity index (χ2n) is 34.1. The molecule has 127 heavy (non-hydrogen) atoms. The predicted molar refractivity (Wildman–Crippen MR) is 533 cm³/mol. The number of fused-ring (bicyclic) bond motifs is 15. The van der Waals surface area contributed by atoms with Crippen LogP contribution >= 0.6 is 0 Å². The summed E-state index contributed by atoms with van der Waals surface area (Å²) in [7, 11) is 0. The molecule has 4 heteroatoms. The number of hydrogen-bond acceptors (Lipinski definition) is 2. The Balaban J connectivity index is 0.000000146. The molecule has 4 heterocycles. The zero-order valence-electron chi connectivity index (χ0n) is 70.1. The van der Waals surface area contributed by atoms with Crippen molar-refractivity contribution in [2.75, 3.05) is 0 Å². The minimum atomic E-state index is -0.0834. The average molecular weight is 1620 g/mol. The van der Waals surface area contributed by atoms with Crippen LogP contribution in [0.2, 0.25) is 0 Å². The molecule has 0 bridgehead atoms. The second kappa shape index (κ2) is 30.6. The minimum Gasteiger partial charge on any atom is -0.455 e. The van der Waals surface area contributed by atoms with Crippen LogP contribution in [-0.4, -0.2) is 9.13 Å². The molecule has 24 aromatic rings. The van der Waals surface area contributed by atoms with Gasteiger partial charge in [-0.25, -0.2) is 0 Å². The van der Waals surface area contributed by atoms with Gasteiger partial charge >= 0.3 is 0 Å². The molecular weight excluding hydrogens is 1540 g/mol. The maximum Gasteiger partial charge on any atom is 0.143 e. The van der Waals surface area contributed by atoms with Crippen LogP contribution in [0.1, 0.15) is 25.0 Å². The Morgan fingerprint density at radius 3 is 0.882 bits per heavy atom. The summed E-state index contributed by atoms with van der Waals surface area (Å²) in [5.74, 6) is 0. The maximum atomic E-state index is 7.06. The molecule has 20 aromatic carbocycles. The summed E-state index contributed by atoms with van der Waals surface area (Å²) in [6, 6.07) is 167. The van der Waals surface area contributed by atoms with Crippen molar-refractivity contribution in [2.45, 2.75) is 19.3 Å². The number of hydrogen-bond donors (Lipinski definition) is 0. The van der Waals surface area contributed by atoms with Crippen LogP contribution in [0.4, 0.5) is 0 Å². The highest BCUT2D eigenvalue weighted by atomic mass is 16.3. The fourth-order valence-corrected chi connectivity index (χ4v) is 20.1. The molecular formula is C123H82N2O2. The number of furan rings is 2. The van der Waals surface area contributed by atoms with Crippen molar-refractivity contribution in [3.8, 4) is 145 Å². The van der Waals surface area contributed by atoms with E-state index < -0.39 is 0 Å². The third kappa shape index (κ3) is 12.9. The van der Waals surface area contributed by atoms with Crippen molar-refractivity contribution < 1.29 is 8.83 Å². The van der Waals surface area contributed by atoms with E-state index in [0.717, 1.165) is 139 Å². The number of rotatable bonds is 13. The van der Waals surface area contributed by atoms with Gasteiger partial charge in [-0.15, -0.1) is 0 Å². The summed E-state index contributed by atoms with van der Waals surface area (Å²) in [6.07, 6.45) is 0. The van der Waals surface area contributed by atoms with Gasteiger partial charge in [-0.2, -0.15) is 0 Å². The highest BCUT2D eigenvalue weighted by Gasteiger charge is 2.36. The first-order valence-electron chi connectivity index (χ1n) is 43.8. The first kappa shape index (κ1) is 74.4. The molecule has 4 nitrogen and oxygen atoms in total. The second-order valence-corrected chi connectivity index (χ2v) is 34.1. The van der Waals surface area contributed by atoms with Crippen molar-refractivity contribution in [2.24, 2.45) is 0 Å². The van der Waals surface area contributed by atoms with Crippen molar-refractivity contribution in [1.82, 2.24) is 9.13 Å². The summed E-state index contributed by atoms with van der Waals surface area (Å²) >= 11 is 0.